The van der Waals surface area contributed by atoms with Crippen LogP contribution in [-0.2, 0) is 6.42 Å². The summed E-state index contributed by atoms with van der Waals surface area (Å²) in [6.07, 6.45) is 3.71. The summed E-state index contributed by atoms with van der Waals surface area (Å²) in [4.78, 5) is 0. The molecule has 16 heavy (non-hydrogen) atoms. The summed E-state index contributed by atoms with van der Waals surface area (Å²) in [5.74, 6) is 0.805. The van der Waals surface area contributed by atoms with E-state index in [2.05, 4.69) is 25.2 Å². The van der Waals surface area contributed by atoms with Gasteiger partial charge in [-0.1, -0.05) is 17.7 Å². The van der Waals surface area contributed by atoms with Crippen molar-refractivity contribution in [1.82, 2.24) is 5.32 Å². The Balaban J connectivity index is 2.16. The lowest BCUT2D eigenvalue weighted by Crippen LogP contribution is -2.28. The van der Waals surface area contributed by atoms with E-state index in [9.17, 15) is 0 Å². The maximum Gasteiger partial charge on any atom is 0.0440 e. The van der Waals surface area contributed by atoms with Gasteiger partial charge in [0, 0.05) is 5.02 Å². The van der Waals surface area contributed by atoms with Crippen LogP contribution in [0.15, 0.2) is 12.1 Å². The Morgan fingerprint density at radius 1 is 1.25 bits per heavy atom. The van der Waals surface area contributed by atoms with E-state index in [-0.39, 0.29) is 0 Å². The molecule has 1 aliphatic rings. The molecule has 1 saturated heterocycles. The van der Waals surface area contributed by atoms with E-state index in [1.54, 1.807) is 0 Å². The van der Waals surface area contributed by atoms with Crippen molar-refractivity contribution in [3.63, 3.8) is 0 Å². The molecule has 1 nitrogen and oxygen atoms in total. The highest BCUT2D eigenvalue weighted by atomic mass is 35.5. The summed E-state index contributed by atoms with van der Waals surface area (Å²) in [6, 6.07) is 4.16. The Morgan fingerprint density at radius 2 is 1.94 bits per heavy atom. The van der Waals surface area contributed by atoms with Crippen molar-refractivity contribution in [2.75, 3.05) is 13.1 Å². The van der Waals surface area contributed by atoms with Crippen molar-refractivity contribution in [3.8, 4) is 0 Å². The van der Waals surface area contributed by atoms with Gasteiger partial charge in [-0.05, 0) is 74.9 Å². The molecule has 0 aliphatic carbocycles. The maximum atomic E-state index is 6.31. The average Bonchev–Trinajstić information content (AvgIpc) is 2.31. The summed E-state index contributed by atoms with van der Waals surface area (Å²) in [7, 11) is 0. The molecule has 1 heterocycles. The van der Waals surface area contributed by atoms with Crippen LogP contribution >= 0.6 is 11.6 Å². The molecule has 0 bridgehead atoms. The van der Waals surface area contributed by atoms with E-state index in [0.717, 1.165) is 30.5 Å². The quantitative estimate of drug-likeness (QED) is 0.830. The number of halogens is 1. The number of aryl methyl sites for hydroxylation is 1. The second kappa shape index (κ2) is 5.20. The Hall–Kier alpha value is -0.530. The third-order valence-corrected chi connectivity index (χ3v) is 4.12. The van der Waals surface area contributed by atoms with Gasteiger partial charge >= 0.3 is 0 Å². The van der Waals surface area contributed by atoms with Crippen molar-refractivity contribution in [3.05, 3.63) is 33.8 Å². The van der Waals surface area contributed by atoms with Crippen molar-refractivity contribution in [2.24, 2.45) is 5.92 Å². The first kappa shape index (κ1) is 11.9. The Bertz CT molecular complexity index is 367. The highest BCUT2D eigenvalue weighted by Gasteiger charge is 2.16. The van der Waals surface area contributed by atoms with Gasteiger partial charge in [-0.15, -0.1) is 0 Å². The smallest absolute Gasteiger partial charge is 0.0440 e. The molecule has 0 aromatic heterocycles. The van der Waals surface area contributed by atoms with E-state index in [1.165, 1.54) is 29.5 Å². The zero-order valence-corrected chi connectivity index (χ0v) is 10.9. The van der Waals surface area contributed by atoms with Gasteiger partial charge in [0.1, 0.15) is 0 Å². The standard InChI is InChI=1S/C14H20ClN/c1-10-3-4-14(15)13(11(10)2)9-12-5-7-16-8-6-12/h3-4,12,16H,5-9H2,1-2H3. The van der Waals surface area contributed by atoms with Crippen LogP contribution in [0.4, 0.5) is 0 Å². The number of piperidine rings is 1. The van der Waals surface area contributed by atoms with Crippen LogP contribution in [0.3, 0.4) is 0 Å². The molecule has 0 atom stereocenters. The Labute approximate surface area is 103 Å². The molecule has 1 aromatic carbocycles. The molecule has 88 valence electrons. The Kier molecular flexibility index (Phi) is 3.88. The van der Waals surface area contributed by atoms with Crippen molar-refractivity contribution in [2.45, 2.75) is 33.1 Å². The topological polar surface area (TPSA) is 12.0 Å². The lowest BCUT2D eigenvalue weighted by molar-refractivity contribution is 0.372. The minimum atomic E-state index is 0.805. The number of hydrogen-bond donors (Lipinski definition) is 1. The van der Waals surface area contributed by atoms with Crippen LogP contribution in [0.5, 0.6) is 0 Å². The molecule has 1 fully saturated rings. The largest absolute Gasteiger partial charge is 0.317 e. The number of benzene rings is 1. The van der Waals surface area contributed by atoms with Crippen LogP contribution in [0, 0.1) is 19.8 Å². The molecule has 1 aliphatic heterocycles. The van der Waals surface area contributed by atoms with Crippen molar-refractivity contribution >= 4 is 11.6 Å². The van der Waals surface area contributed by atoms with Gasteiger partial charge < -0.3 is 5.32 Å². The molecular weight excluding hydrogens is 218 g/mol. The van der Waals surface area contributed by atoms with Gasteiger partial charge in [0.2, 0.25) is 0 Å². The predicted octanol–water partition coefficient (Wildman–Crippen LogP) is 3.50. The normalized spacial score (nSPS) is 17.7. The van der Waals surface area contributed by atoms with E-state index >= 15 is 0 Å². The lowest BCUT2D eigenvalue weighted by atomic mass is 9.88. The molecule has 2 heteroatoms. The molecule has 1 aromatic rings. The number of nitrogens with one attached hydrogen (secondary N) is 1. The van der Waals surface area contributed by atoms with Crippen LogP contribution in [0.25, 0.3) is 0 Å². The molecule has 0 radical (unpaired) electrons. The fraction of sp³-hybridized carbons (Fsp3) is 0.571. The average molecular weight is 238 g/mol. The van der Waals surface area contributed by atoms with E-state index in [0.29, 0.717) is 0 Å². The molecule has 0 amide bonds. The minimum absolute atomic E-state index is 0.805. The molecule has 0 spiro atoms. The molecular formula is C14H20ClN. The summed E-state index contributed by atoms with van der Waals surface area (Å²) >= 11 is 6.31. The first-order chi connectivity index (χ1) is 7.68. The second-order valence-corrected chi connectivity index (χ2v) is 5.27. The van der Waals surface area contributed by atoms with Crippen LogP contribution in [0.1, 0.15) is 29.5 Å². The Morgan fingerprint density at radius 3 is 2.62 bits per heavy atom. The van der Waals surface area contributed by atoms with E-state index < -0.39 is 0 Å². The zero-order chi connectivity index (χ0) is 11.5. The van der Waals surface area contributed by atoms with Gasteiger partial charge in [-0.25, -0.2) is 0 Å². The molecule has 0 unspecified atom stereocenters. The SMILES string of the molecule is Cc1ccc(Cl)c(CC2CCNCC2)c1C. The zero-order valence-electron chi connectivity index (χ0n) is 10.1. The predicted molar refractivity (Wildman–Crippen MR) is 70.2 cm³/mol. The fourth-order valence-corrected chi connectivity index (χ4v) is 2.75. The summed E-state index contributed by atoms with van der Waals surface area (Å²) < 4.78 is 0. The number of hydrogen-bond acceptors (Lipinski definition) is 1. The lowest BCUT2D eigenvalue weighted by Gasteiger charge is -2.24. The molecule has 2 rings (SSSR count). The van der Waals surface area contributed by atoms with Crippen molar-refractivity contribution in [1.29, 1.82) is 0 Å². The molecule has 1 N–H and O–H groups in total. The summed E-state index contributed by atoms with van der Waals surface area (Å²) in [6.45, 7) is 6.68. The number of rotatable bonds is 2. The first-order valence-electron chi connectivity index (χ1n) is 6.14. The van der Waals surface area contributed by atoms with Gasteiger partial charge in [-0.2, -0.15) is 0 Å². The van der Waals surface area contributed by atoms with Crippen LogP contribution in [0.2, 0.25) is 5.02 Å². The van der Waals surface area contributed by atoms with E-state index in [4.69, 9.17) is 11.6 Å². The summed E-state index contributed by atoms with van der Waals surface area (Å²) in [5, 5.41) is 4.35. The van der Waals surface area contributed by atoms with Gasteiger partial charge in [0.15, 0.2) is 0 Å². The maximum absolute atomic E-state index is 6.31. The van der Waals surface area contributed by atoms with E-state index in [1.807, 2.05) is 6.07 Å². The third kappa shape index (κ3) is 2.58. The highest BCUT2D eigenvalue weighted by molar-refractivity contribution is 6.31. The van der Waals surface area contributed by atoms with Gasteiger partial charge in [0.25, 0.3) is 0 Å². The fourth-order valence-electron chi connectivity index (χ4n) is 2.47. The van der Waals surface area contributed by atoms with Crippen LogP contribution in [-0.4, -0.2) is 13.1 Å². The minimum Gasteiger partial charge on any atom is -0.317 e. The van der Waals surface area contributed by atoms with Gasteiger partial charge in [0.05, 0.1) is 0 Å². The van der Waals surface area contributed by atoms with Crippen LogP contribution < -0.4 is 5.32 Å². The summed E-state index contributed by atoms with van der Waals surface area (Å²) in [5.41, 5.74) is 4.10. The van der Waals surface area contributed by atoms with Gasteiger partial charge in [-0.3, -0.25) is 0 Å². The molecule has 0 saturated carbocycles. The highest BCUT2D eigenvalue weighted by Crippen LogP contribution is 2.27. The first-order valence-corrected chi connectivity index (χ1v) is 6.51. The second-order valence-electron chi connectivity index (χ2n) is 4.87. The van der Waals surface area contributed by atoms with Crippen molar-refractivity contribution < 1.29 is 0 Å². The monoisotopic (exact) mass is 237 g/mol. The third-order valence-electron chi connectivity index (χ3n) is 3.76.